The van der Waals surface area contributed by atoms with E-state index >= 15 is 0 Å². The third-order valence-corrected chi connectivity index (χ3v) is 2.94. The highest BCUT2D eigenvalue weighted by molar-refractivity contribution is 5.65. The summed E-state index contributed by atoms with van der Waals surface area (Å²) in [5.74, 6) is -0.0504. The second kappa shape index (κ2) is 4.69. The van der Waals surface area contributed by atoms with Gasteiger partial charge in [0.25, 0.3) is 0 Å². The first kappa shape index (κ1) is 12.4. The first-order valence-electron chi connectivity index (χ1n) is 5.55. The van der Waals surface area contributed by atoms with Gasteiger partial charge in [-0.05, 0) is 5.57 Å². The maximum atomic E-state index is 10.9. The summed E-state index contributed by atoms with van der Waals surface area (Å²) in [6, 6.07) is 0. The van der Waals surface area contributed by atoms with E-state index < -0.39 is 6.09 Å². The molecule has 0 bridgehead atoms. The van der Waals surface area contributed by atoms with Gasteiger partial charge in [0.2, 0.25) is 5.88 Å². The molecule has 7 heteroatoms. The molecule has 0 atom stereocenters. The maximum absolute atomic E-state index is 10.9. The Bertz CT molecular complexity index is 495. The van der Waals surface area contributed by atoms with Crippen molar-refractivity contribution < 1.29 is 20.1 Å². The molecular formula is C11H15N3O4. The first-order valence-corrected chi connectivity index (χ1v) is 5.55. The van der Waals surface area contributed by atoms with E-state index in [9.17, 15) is 9.90 Å². The van der Waals surface area contributed by atoms with Crippen LogP contribution in [-0.4, -0.2) is 49.2 Å². The fourth-order valence-corrected chi connectivity index (χ4v) is 1.95. The molecule has 0 fully saturated rings. The average molecular weight is 253 g/mol. The lowest BCUT2D eigenvalue weighted by atomic mass is 10.1. The third-order valence-electron chi connectivity index (χ3n) is 2.94. The molecule has 1 aliphatic rings. The number of fused-ring (bicyclic) bond motifs is 1. The molecule has 0 unspecified atom stereocenters. The standard InChI is InChI=1S/C11H15N3O4/c1-7(6-15)4-14-10(16)8-5-13(11(17)18)3-2-9(8)12-14/h15-16H,1-6H2,(H,17,18). The van der Waals surface area contributed by atoms with Gasteiger partial charge in [-0.2, -0.15) is 5.10 Å². The van der Waals surface area contributed by atoms with Crippen LogP contribution in [0.3, 0.4) is 0 Å². The summed E-state index contributed by atoms with van der Waals surface area (Å²) in [6.07, 6.45) is -0.527. The number of amides is 1. The van der Waals surface area contributed by atoms with Gasteiger partial charge in [0, 0.05) is 13.0 Å². The Balaban J connectivity index is 2.24. The Morgan fingerprint density at radius 1 is 1.50 bits per heavy atom. The Morgan fingerprint density at radius 3 is 2.83 bits per heavy atom. The Morgan fingerprint density at radius 2 is 2.22 bits per heavy atom. The summed E-state index contributed by atoms with van der Waals surface area (Å²) in [5.41, 5.74) is 1.77. The van der Waals surface area contributed by atoms with Gasteiger partial charge in [-0.3, -0.25) is 0 Å². The fraction of sp³-hybridized carbons (Fsp3) is 0.455. The topological polar surface area (TPSA) is 98.8 Å². The van der Waals surface area contributed by atoms with Gasteiger partial charge in [0.05, 0.1) is 31.0 Å². The van der Waals surface area contributed by atoms with Crippen LogP contribution in [0.25, 0.3) is 0 Å². The third kappa shape index (κ3) is 2.17. The number of hydrogen-bond acceptors (Lipinski definition) is 4. The smallest absolute Gasteiger partial charge is 0.407 e. The SMILES string of the molecule is C=C(CO)Cn1nc2c(c1O)CN(C(=O)O)CC2. The number of aromatic nitrogens is 2. The molecule has 0 saturated heterocycles. The molecule has 98 valence electrons. The van der Waals surface area contributed by atoms with Crippen molar-refractivity contribution in [3.8, 4) is 5.88 Å². The van der Waals surface area contributed by atoms with Gasteiger partial charge in [-0.1, -0.05) is 6.58 Å². The number of aliphatic hydroxyl groups excluding tert-OH is 1. The summed E-state index contributed by atoms with van der Waals surface area (Å²) in [5, 5.41) is 32.0. The average Bonchev–Trinajstić information content (AvgIpc) is 2.66. The maximum Gasteiger partial charge on any atom is 0.407 e. The molecule has 7 nitrogen and oxygen atoms in total. The van der Waals surface area contributed by atoms with E-state index in [1.165, 1.54) is 9.58 Å². The van der Waals surface area contributed by atoms with Crippen LogP contribution in [0.4, 0.5) is 4.79 Å². The van der Waals surface area contributed by atoms with Crippen LogP contribution in [0.15, 0.2) is 12.2 Å². The first-order chi connectivity index (χ1) is 8.52. The number of carboxylic acid groups (broad SMARTS) is 1. The van der Waals surface area contributed by atoms with Gasteiger partial charge in [0.15, 0.2) is 0 Å². The zero-order valence-electron chi connectivity index (χ0n) is 9.83. The number of aliphatic hydroxyl groups is 1. The van der Waals surface area contributed by atoms with Crippen molar-refractivity contribution in [1.82, 2.24) is 14.7 Å². The van der Waals surface area contributed by atoms with Crippen molar-refractivity contribution in [2.45, 2.75) is 19.5 Å². The predicted octanol–water partition coefficient (Wildman–Crippen LogP) is 0.173. The van der Waals surface area contributed by atoms with Crippen LogP contribution in [0.2, 0.25) is 0 Å². The zero-order chi connectivity index (χ0) is 13.3. The van der Waals surface area contributed by atoms with Crippen molar-refractivity contribution in [3.63, 3.8) is 0 Å². The van der Waals surface area contributed by atoms with E-state index in [1.54, 1.807) is 0 Å². The summed E-state index contributed by atoms with van der Waals surface area (Å²) >= 11 is 0. The van der Waals surface area contributed by atoms with Gasteiger partial charge < -0.3 is 20.2 Å². The van der Waals surface area contributed by atoms with Gasteiger partial charge in [0.1, 0.15) is 0 Å². The molecule has 2 heterocycles. The number of hydrogen-bond donors (Lipinski definition) is 3. The molecule has 2 rings (SSSR count). The predicted molar refractivity (Wildman–Crippen MR) is 62.3 cm³/mol. The minimum Gasteiger partial charge on any atom is -0.493 e. The largest absolute Gasteiger partial charge is 0.493 e. The van der Waals surface area contributed by atoms with Crippen LogP contribution in [0, 0.1) is 0 Å². The van der Waals surface area contributed by atoms with E-state index in [2.05, 4.69) is 11.7 Å². The number of aromatic hydroxyl groups is 1. The molecular weight excluding hydrogens is 238 g/mol. The lowest BCUT2D eigenvalue weighted by Gasteiger charge is -2.22. The lowest BCUT2D eigenvalue weighted by molar-refractivity contribution is 0.139. The Labute approximate surface area is 104 Å². The zero-order valence-corrected chi connectivity index (χ0v) is 9.83. The van der Waals surface area contributed by atoms with Gasteiger partial charge >= 0.3 is 6.09 Å². The monoisotopic (exact) mass is 253 g/mol. The van der Waals surface area contributed by atoms with Crippen molar-refractivity contribution in [2.24, 2.45) is 0 Å². The van der Waals surface area contributed by atoms with Crippen molar-refractivity contribution in [3.05, 3.63) is 23.4 Å². The van der Waals surface area contributed by atoms with Crippen molar-refractivity contribution in [2.75, 3.05) is 13.2 Å². The van der Waals surface area contributed by atoms with Crippen LogP contribution in [0.1, 0.15) is 11.3 Å². The second-order valence-corrected chi connectivity index (χ2v) is 4.27. The molecule has 0 aliphatic carbocycles. The van der Waals surface area contributed by atoms with E-state index in [1.807, 2.05) is 0 Å². The highest BCUT2D eigenvalue weighted by atomic mass is 16.4. The molecule has 1 amide bonds. The Kier molecular flexibility index (Phi) is 3.24. The molecule has 1 aliphatic heterocycles. The highest BCUT2D eigenvalue weighted by Crippen LogP contribution is 2.27. The van der Waals surface area contributed by atoms with Crippen LogP contribution in [-0.2, 0) is 19.5 Å². The minimum atomic E-state index is -1.01. The van der Waals surface area contributed by atoms with Gasteiger partial charge in [-0.15, -0.1) is 0 Å². The van der Waals surface area contributed by atoms with Crippen molar-refractivity contribution in [1.29, 1.82) is 0 Å². The summed E-state index contributed by atoms with van der Waals surface area (Å²) in [6.45, 7) is 4.20. The van der Waals surface area contributed by atoms with Crippen molar-refractivity contribution >= 4 is 6.09 Å². The second-order valence-electron chi connectivity index (χ2n) is 4.27. The van der Waals surface area contributed by atoms with Crippen LogP contribution < -0.4 is 0 Å². The number of carbonyl (C=O) groups is 1. The number of rotatable bonds is 3. The lowest BCUT2D eigenvalue weighted by Crippen LogP contribution is -2.34. The normalized spacial score (nSPS) is 14.4. The van der Waals surface area contributed by atoms with E-state index in [4.69, 9.17) is 10.2 Å². The summed E-state index contributed by atoms with van der Waals surface area (Å²) in [4.78, 5) is 12.1. The molecule has 0 aromatic carbocycles. The molecule has 0 spiro atoms. The summed E-state index contributed by atoms with van der Waals surface area (Å²) in [7, 11) is 0. The molecule has 1 aromatic heterocycles. The van der Waals surface area contributed by atoms with E-state index in [0.29, 0.717) is 29.8 Å². The van der Waals surface area contributed by atoms with E-state index in [-0.39, 0.29) is 25.6 Å². The summed E-state index contributed by atoms with van der Waals surface area (Å²) < 4.78 is 1.34. The quantitative estimate of drug-likeness (QED) is 0.667. The molecule has 18 heavy (non-hydrogen) atoms. The fourth-order valence-electron chi connectivity index (χ4n) is 1.95. The highest BCUT2D eigenvalue weighted by Gasteiger charge is 2.26. The van der Waals surface area contributed by atoms with E-state index in [0.717, 1.165) is 0 Å². The van der Waals surface area contributed by atoms with Crippen LogP contribution in [0.5, 0.6) is 5.88 Å². The van der Waals surface area contributed by atoms with Gasteiger partial charge in [-0.25, -0.2) is 9.48 Å². The Hall–Kier alpha value is -2.02. The van der Waals surface area contributed by atoms with Crippen LogP contribution >= 0.6 is 0 Å². The molecule has 0 saturated carbocycles. The molecule has 3 N–H and O–H groups in total. The molecule has 1 aromatic rings. The molecule has 0 radical (unpaired) electrons. The number of nitrogens with zero attached hydrogens (tertiary/aromatic N) is 3. The minimum absolute atomic E-state index is 0.0504.